The Morgan fingerprint density at radius 1 is 1.50 bits per heavy atom. The van der Waals surface area contributed by atoms with Gasteiger partial charge in [0.25, 0.3) is 10.1 Å². The molecule has 5 nitrogen and oxygen atoms in total. The maximum absolute atomic E-state index is 11.9. The van der Waals surface area contributed by atoms with Crippen LogP contribution in [0.5, 0.6) is 0 Å². The Morgan fingerprint density at radius 2 is 2.11 bits per heavy atom. The van der Waals surface area contributed by atoms with Gasteiger partial charge >= 0.3 is 0 Å². The van der Waals surface area contributed by atoms with Gasteiger partial charge in [0.1, 0.15) is 6.10 Å². The topological polar surface area (TPSA) is 61.8 Å². The zero-order valence-corrected chi connectivity index (χ0v) is 12.4. The summed E-state index contributed by atoms with van der Waals surface area (Å²) < 4.78 is 39.7. The number of ether oxygens (including phenoxy) is 2. The standard InChI is InChI=1S/C12H22O5S/c1-6-11(9(2)3)18(13,14)16-8-10-7-15-12(4,5)17-10/h6,9-10H,7-8H2,1-5H3/b11-6-/t10-/m1/s1. The van der Waals surface area contributed by atoms with Gasteiger partial charge in [-0.15, -0.1) is 0 Å². The van der Waals surface area contributed by atoms with Gasteiger partial charge in [0.2, 0.25) is 0 Å². The Kier molecular flexibility index (Phi) is 4.94. The summed E-state index contributed by atoms with van der Waals surface area (Å²) in [7, 11) is -3.67. The van der Waals surface area contributed by atoms with E-state index in [2.05, 4.69) is 0 Å². The summed E-state index contributed by atoms with van der Waals surface area (Å²) in [4.78, 5) is 0.292. The van der Waals surface area contributed by atoms with E-state index in [-0.39, 0.29) is 18.6 Å². The van der Waals surface area contributed by atoms with Crippen molar-refractivity contribution >= 4 is 10.1 Å². The van der Waals surface area contributed by atoms with Crippen molar-refractivity contribution in [2.45, 2.75) is 46.5 Å². The molecule has 6 heteroatoms. The van der Waals surface area contributed by atoms with E-state index in [4.69, 9.17) is 13.7 Å². The van der Waals surface area contributed by atoms with Crippen LogP contribution in [0.4, 0.5) is 0 Å². The van der Waals surface area contributed by atoms with E-state index in [9.17, 15) is 8.42 Å². The highest BCUT2D eigenvalue weighted by Gasteiger charge is 2.34. The van der Waals surface area contributed by atoms with Crippen LogP contribution < -0.4 is 0 Å². The molecule has 0 aromatic rings. The highest BCUT2D eigenvalue weighted by atomic mass is 32.2. The average molecular weight is 278 g/mol. The third kappa shape index (κ3) is 4.05. The zero-order valence-electron chi connectivity index (χ0n) is 11.6. The predicted molar refractivity (Wildman–Crippen MR) is 68.4 cm³/mol. The first kappa shape index (κ1) is 15.6. The molecule has 0 spiro atoms. The molecular formula is C12H22O5S. The van der Waals surface area contributed by atoms with Crippen LogP contribution in [0.15, 0.2) is 11.0 Å². The lowest BCUT2D eigenvalue weighted by molar-refractivity contribution is -0.141. The molecule has 0 aromatic carbocycles. The van der Waals surface area contributed by atoms with Gasteiger partial charge in [-0.05, 0) is 26.7 Å². The molecule has 0 radical (unpaired) electrons. The molecule has 0 unspecified atom stereocenters. The van der Waals surface area contributed by atoms with Crippen LogP contribution in [0, 0.1) is 5.92 Å². The summed E-state index contributed by atoms with van der Waals surface area (Å²) >= 11 is 0. The first-order valence-electron chi connectivity index (χ1n) is 6.05. The molecule has 106 valence electrons. The Bertz CT molecular complexity index is 408. The quantitative estimate of drug-likeness (QED) is 0.720. The molecule has 1 aliphatic heterocycles. The second-order valence-electron chi connectivity index (χ2n) is 5.04. The Labute approximate surface area is 109 Å². The van der Waals surface area contributed by atoms with E-state index in [1.807, 2.05) is 13.8 Å². The van der Waals surface area contributed by atoms with Crippen LogP contribution in [0.2, 0.25) is 0 Å². The van der Waals surface area contributed by atoms with E-state index < -0.39 is 15.9 Å². The fourth-order valence-electron chi connectivity index (χ4n) is 1.85. The summed E-state index contributed by atoms with van der Waals surface area (Å²) in [6.07, 6.45) is 1.22. The zero-order chi connectivity index (χ0) is 14.0. The molecule has 1 atom stereocenters. The van der Waals surface area contributed by atoms with Crippen molar-refractivity contribution in [3.8, 4) is 0 Å². The molecule has 1 heterocycles. The maximum Gasteiger partial charge on any atom is 0.293 e. The monoisotopic (exact) mass is 278 g/mol. The van der Waals surface area contributed by atoms with E-state index in [1.165, 1.54) is 0 Å². The third-order valence-electron chi connectivity index (χ3n) is 2.62. The molecular weight excluding hydrogens is 256 g/mol. The van der Waals surface area contributed by atoms with Gasteiger partial charge in [0, 0.05) is 0 Å². The molecule has 0 N–H and O–H groups in total. The van der Waals surface area contributed by atoms with Gasteiger partial charge < -0.3 is 9.47 Å². The smallest absolute Gasteiger partial charge is 0.293 e. The van der Waals surface area contributed by atoms with Crippen LogP contribution >= 0.6 is 0 Å². The van der Waals surface area contributed by atoms with E-state index in [0.717, 1.165) is 0 Å². The first-order chi connectivity index (χ1) is 8.18. The van der Waals surface area contributed by atoms with Crippen molar-refractivity contribution in [2.24, 2.45) is 5.92 Å². The van der Waals surface area contributed by atoms with Crippen molar-refractivity contribution in [2.75, 3.05) is 13.2 Å². The van der Waals surface area contributed by atoms with Crippen molar-refractivity contribution < 1.29 is 22.1 Å². The molecule has 1 aliphatic rings. The maximum atomic E-state index is 11.9. The summed E-state index contributed by atoms with van der Waals surface area (Å²) in [6, 6.07) is 0. The molecule has 0 saturated carbocycles. The SMILES string of the molecule is C/C=C(/C(C)C)S(=O)(=O)OC[C@H]1COC(C)(C)O1. The summed E-state index contributed by atoms with van der Waals surface area (Å²) in [6.45, 7) is 9.21. The van der Waals surface area contributed by atoms with Crippen LogP contribution in [-0.4, -0.2) is 33.5 Å². The lowest BCUT2D eigenvalue weighted by Crippen LogP contribution is -2.26. The van der Waals surface area contributed by atoms with Gasteiger partial charge in [-0.1, -0.05) is 19.9 Å². The van der Waals surface area contributed by atoms with Crippen LogP contribution in [0.3, 0.4) is 0 Å². The molecule has 1 rings (SSSR count). The van der Waals surface area contributed by atoms with Gasteiger partial charge in [0.05, 0.1) is 18.1 Å². The number of hydrogen-bond donors (Lipinski definition) is 0. The first-order valence-corrected chi connectivity index (χ1v) is 7.46. The van der Waals surface area contributed by atoms with Gasteiger partial charge in [0.15, 0.2) is 5.79 Å². The Balaban J connectivity index is 2.58. The Morgan fingerprint density at radius 3 is 2.50 bits per heavy atom. The number of rotatable bonds is 5. The Hall–Kier alpha value is -0.430. The highest BCUT2D eigenvalue weighted by molar-refractivity contribution is 7.90. The fraction of sp³-hybridized carbons (Fsp3) is 0.833. The largest absolute Gasteiger partial charge is 0.348 e. The molecule has 0 amide bonds. The molecule has 1 fully saturated rings. The molecule has 0 bridgehead atoms. The van der Waals surface area contributed by atoms with E-state index >= 15 is 0 Å². The van der Waals surface area contributed by atoms with Crippen molar-refractivity contribution in [1.82, 2.24) is 0 Å². The summed E-state index contributed by atoms with van der Waals surface area (Å²) in [5.74, 6) is -0.767. The average Bonchev–Trinajstić information content (AvgIpc) is 2.55. The second kappa shape index (κ2) is 5.69. The van der Waals surface area contributed by atoms with Crippen LogP contribution in [-0.2, 0) is 23.8 Å². The molecule has 1 saturated heterocycles. The third-order valence-corrected chi connectivity index (χ3v) is 4.35. The van der Waals surface area contributed by atoms with E-state index in [0.29, 0.717) is 11.5 Å². The van der Waals surface area contributed by atoms with Crippen LogP contribution in [0.1, 0.15) is 34.6 Å². The number of hydrogen-bond acceptors (Lipinski definition) is 5. The summed E-state index contributed by atoms with van der Waals surface area (Å²) in [5, 5.41) is 0. The van der Waals surface area contributed by atoms with Gasteiger partial charge in [-0.3, -0.25) is 4.18 Å². The van der Waals surface area contributed by atoms with Gasteiger partial charge in [-0.2, -0.15) is 8.42 Å². The number of allylic oxidation sites excluding steroid dienone is 2. The second-order valence-corrected chi connectivity index (χ2v) is 6.65. The van der Waals surface area contributed by atoms with Gasteiger partial charge in [-0.25, -0.2) is 0 Å². The minimum atomic E-state index is -3.67. The fourth-order valence-corrected chi connectivity index (χ4v) is 3.18. The predicted octanol–water partition coefficient (Wildman–Crippen LogP) is 2.04. The molecule has 0 aromatic heterocycles. The lowest BCUT2D eigenvalue weighted by atomic mass is 10.2. The minimum Gasteiger partial charge on any atom is -0.348 e. The minimum absolute atomic E-state index is 0.0180. The molecule has 0 aliphatic carbocycles. The van der Waals surface area contributed by atoms with Crippen molar-refractivity contribution in [3.05, 3.63) is 11.0 Å². The lowest BCUT2D eigenvalue weighted by Gasteiger charge is -2.17. The normalized spacial score (nSPS) is 24.8. The van der Waals surface area contributed by atoms with Crippen LogP contribution in [0.25, 0.3) is 0 Å². The van der Waals surface area contributed by atoms with Crippen molar-refractivity contribution in [3.63, 3.8) is 0 Å². The van der Waals surface area contributed by atoms with E-state index in [1.54, 1.807) is 26.8 Å². The molecule has 18 heavy (non-hydrogen) atoms. The summed E-state index contributed by atoms with van der Waals surface area (Å²) in [5.41, 5.74) is 0. The highest BCUT2D eigenvalue weighted by Crippen LogP contribution is 2.24. The van der Waals surface area contributed by atoms with Crippen molar-refractivity contribution in [1.29, 1.82) is 0 Å².